The number of hydrogen-bond donors (Lipinski definition) is 0. The molecule has 9 heteroatoms. The number of nitrogens with zero attached hydrogens (tertiary/aromatic N) is 6. The molecule has 13 aromatic rings. The number of Topliss-reactive ketones (excluding diaryl/α,β-unsaturated/α-hetero) is 1. The maximum Gasteiger partial charge on any atom is 0.270 e. The van der Waals surface area contributed by atoms with Crippen molar-refractivity contribution in [2.45, 2.75) is 232 Å². The molecule has 0 saturated carbocycles. The van der Waals surface area contributed by atoms with Gasteiger partial charge < -0.3 is 9.80 Å². The second kappa shape index (κ2) is 45.0. The lowest BCUT2D eigenvalue weighted by molar-refractivity contribution is 0.104. The van der Waals surface area contributed by atoms with E-state index < -0.39 is 0 Å². The van der Waals surface area contributed by atoms with Gasteiger partial charge in [0.15, 0.2) is 5.78 Å². The first-order chi connectivity index (χ1) is 65.8. The van der Waals surface area contributed by atoms with Crippen molar-refractivity contribution in [1.82, 2.24) is 0 Å². The van der Waals surface area contributed by atoms with E-state index in [1.54, 1.807) is 40.4 Å². The predicted molar refractivity (Wildman–Crippen MR) is 570 cm³/mol. The van der Waals surface area contributed by atoms with Crippen LogP contribution in [0.3, 0.4) is 0 Å². The van der Waals surface area contributed by atoms with Crippen molar-refractivity contribution in [3.63, 3.8) is 0 Å². The van der Waals surface area contributed by atoms with Gasteiger partial charge in [-0.3, -0.25) is 4.79 Å². The number of thiophene rings is 2. The van der Waals surface area contributed by atoms with Crippen LogP contribution in [-0.4, -0.2) is 5.78 Å². The van der Waals surface area contributed by atoms with Crippen LogP contribution in [0.15, 0.2) is 284 Å². The van der Waals surface area contributed by atoms with Crippen LogP contribution in [0.5, 0.6) is 0 Å². The molecule has 3 aliphatic carbocycles. The number of aryl methyl sites for hydroxylation is 2. The summed E-state index contributed by atoms with van der Waals surface area (Å²) < 4.78 is 0. The van der Waals surface area contributed by atoms with Gasteiger partial charge in [0.1, 0.15) is 17.7 Å². The van der Waals surface area contributed by atoms with Crippen LogP contribution < -0.4 is 9.80 Å². The van der Waals surface area contributed by atoms with Crippen molar-refractivity contribution in [1.29, 1.82) is 15.8 Å². The minimum Gasteiger partial charge on any atom is -0.311 e. The zero-order chi connectivity index (χ0) is 92.8. The van der Waals surface area contributed by atoms with Crippen LogP contribution >= 0.6 is 22.7 Å². The molecule has 0 saturated heterocycles. The third-order valence-electron chi connectivity index (χ3n) is 28.1. The Hall–Kier alpha value is -13.3. The molecule has 2 aromatic heterocycles. The zero-order valence-electron chi connectivity index (χ0n) is 79.1. The van der Waals surface area contributed by atoms with Gasteiger partial charge in [0.2, 0.25) is 0 Å². The van der Waals surface area contributed by atoms with Gasteiger partial charge in [0.25, 0.3) is 5.70 Å². The molecule has 0 amide bonds. The van der Waals surface area contributed by atoms with E-state index in [1.807, 2.05) is 54.6 Å². The van der Waals surface area contributed by atoms with Gasteiger partial charge in [0.05, 0.1) is 12.6 Å². The maximum atomic E-state index is 13.9. The number of carbonyl (C=O) groups excluding carboxylic acids is 1. The molecule has 2 heterocycles. The Morgan fingerprint density at radius 3 is 1.04 bits per heavy atom. The van der Waals surface area contributed by atoms with Crippen LogP contribution in [0.2, 0.25) is 0 Å². The topological polar surface area (TPSA) is 99.3 Å². The summed E-state index contributed by atoms with van der Waals surface area (Å²) in [6.45, 7) is 21.5. The summed E-state index contributed by atoms with van der Waals surface area (Å²) in [5, 5.41) is 28.7. The Labute approximate surface area is 805 Å². The Balaban J connectivity index is 0.729. The van der Waals surface area contributed by atoms with Crippen LogP contribution in [-0.2, 0) is 10.8 Å². The molecule has 7 nitrogen and oxygen atoms in total. The Kier molecular flexibility index (Phi) is 31.5. The monoisotopic (exact) mass is 1790 g/mol. The molecule has 0 atom stereocenters. The summed E-state index contributed by atoms with van der Waals surface area (Å²) in [6, 6.07) is 105. The second-order valence-electron chi connectivity index (χ2n) is 37.2. The first kappa shape index (κ1) is 94.0. The van der Waals surface area contributed by atoms with Gasteiger partial charge in [-0.25, -0.2) is 10.1 Å². The molecule has 0 aliphatic heterocycles. The normalized spacial score (nSPS) is 13.7. The minimum absolute atomic E-state index is 0.0300. The van der Waals surface area contributed by atoms with Crippen molar-refractivity contribution in [3.05, 3.63) is 370 Å². The molecule has 0 N–H and O–H groups in total. The zero-order valence-corrected chi connectivity index (χ0v) is 80.7. The average molecular weight is 1790 g/mol. The highest BCUT2D eigenvalue weighted by molar-refractivity contribution is 7.14. The first-order valence-corrected chi connectivity index (χ1v) is 51.1. The maximum absolute atomic E-state index is 13.9. The van der Waals surface area contributed by atoms with E-state index in [4.69, 9.17) is 6.57 Å². The quantitative estimate of drug-likeness (QED) is 0.0163. The third-order valence-corrected chi connectivity index (χ3v) is 30.1. The second-order valence-corrected chi connectivity index (χ2v) is 39.5. The van der Waals surface area contributed by atoms with Crippen molar-refractivity contribution < 1.29 is 4.79 Å². The highest BCUT2D eigenvalue weighted by Gasteiger charge is 2.45. The number of anilines is 6. The lowest BCUT2D eigenvalue weighted by Gasteiger charge is -2.33. The van der Waals surface area contributed by atoms with E-state index in [-0.39, 0.29) is 27.9 Å². The number of carbonyl (C=O) groups is 1. The predicted octanol–water partition coefficient (Wildman–Crippen LogP) is 37.1. The van der Waals surface area contributed by atoms with Gasteiger partial charge in [-0.15, -0.1) is 22.7 Å². The molecular weight excluding hydrogens is 1670 g/mol. The summed E-state index contributed by atoms with van der Waals surface area (Å²) in [6.07, 6.45) is 46.8. The van der Waals surface area contributed by atoms with Crippen molar-refractivity contribution in [2.24, 2.45) is 0 Å². The molecular formula is C125H124N6OS2. The van der Waals surface area contributed by atoms with Crippen molar-refractivity contribution in [3.8, 4) is 73.8 Å². The fraction of sp³-hybridized carbons (Fsp3) is 0.288. The molecule has 11 aromatic carbocycles. The summed E-state index contributed by atoms with van der Waals surface area (Å²) in [5.74, 6) is -0.176. The number of fused-ring (bicyclic) bond motifs is 7. The standard InChI is InChI=1S/C125H124N6OS2/c1-8-12-16-20-24-30-76-124(77-31-25-21-17-13-9-2)117-80-90(6)38-72-110(117)111-73-51-97(82-118(111)124)94-47-62-104(63-48-94)131(102-58-41-92(42-59-102)44-67-107-69-71-109(134-107)85-116-122(121(88-128)129-7)114-34-28-29-35-115(114)123(116)132)105-64-49-96(50-65-105)99-53-75-113-112-74-52-98(83-119(112)125(120(113)84-99,78-32-26-22-18-14-10-3)79-33-27-23-19-15-11-4)95-45-60-103(61-46-95)130(100-54-36-89(5)37-55-100)101-56-39-91(40-57-101)43-66-106-68-70-108(133-106)81-93(86-126)87-127/h28-29,34-75,80-85H,8-27,30-33,76-79H2,1-6H3/b66-43+,67-44+,116-85-,122-121-. The SMILES string of the molecule is [C-]#[N+]/C(C#N)=C1\C(=C\c2ccc(/C=C/c3ccc(N(c4ccc(-c5ccc6c(c5)C(CCCCCCCC)(CCCCCCCC)c5cc(C)ccc5-6)cc4)c4ccc(-c5ccc6c(c5)C(CCCCCCCC)(CCCCCCCC)c5cc(-c7ccc(N(c8ccc(C)cc8)c8ccc(/C=C/c9ccc(C=C(C#N)C#N)s9)cc8)cc7)ccc5-6)cc4)cc3)s2)C(=O)c2ccccc21. The molecule has 3 aliphatic rings. The molecule has 672 valence electrons. The van der Waals surface area contributed by atoms with Gasteiger partial charge in [-0.1, -0.05) is 357 Å². The average Bonchev–Trinajstić information content (AvgIpc) is 1.57. The third kappa shape index (κ3) is 21.3. The fourth-order valence-corrected chi connectivity index (χ4v) is 22.6. The van der Waals surface area contributed by atoms with Crippen LogP contribution in [0.25, 0.3) is 103 Å². The lowest BCUT2D eigenvalue weighted by Crippen LogP contribution is -2.25. The molecule has 0 radical (unpaired) electrons. The fourth-order valence-electron chi connectivity index (χ4n) is 20.9. The van der Waals surface area contributed by atoms with E-state index in [2.05, 4.69) is 311 Å². The van der Waals surface area contributed by atoms with E-state index in [9.17, 15) is 20.6 Å². The highest BCUT2D eigenvalue weighted by atomic mass is 32.1. The molecule has 0 unspecified atom stereocenters. The molecule has 134 heavy (non-hydrogen) atoms. The van der Waals surface area contributed by atoms with Gasteiger partial charge in [-0.2, -0.15) is 10.5 Å². The largest absolute Gasteiger partial charge is 0.311 e. The number of hydrogen-bond acceptors (Lipinski definition) is 8. The number of allylic oxidation sites excluding steroid dienone is 4. The van der Waals surface area contributed by atoms with Gasteiger partial charge in [0, 0.05) is 81.2 Å². The smallest absolute Gasteiger partial charge is 0.270 e. The number of benzene rings is 11. The Morgan fingerprint density at radius 2 is 0.657 bits per heavy atom. The minimum atomic E-state index is -0.181. The van der Waals surface area contributed by atoms with E-state index in [0.717, 1.165) is 77.6 Å². The lowest BCUT2D eigenvalue weighted by atomic mass is 9.70. The number of nitriles is 3. The van der Waals surface area contributed by atoms with Crippen LogP contribution in [0.1, 0.15) is 287 Å². The summed E-state index contributed by atoms with van der Waals surface area (Å²) in [5.41, 5.74) is 31.7. The Bertz CT molecular complexity index is 6570. The summed E-state index contributed by atoms with van der Waals surface area (Å²) in [4.78, 5) is 26.0. The van der Waals surface area contributed by atoms with Gasteiger partial charge >= 0.3 is 0 Å². The van der Waals surface area contributed by atoms with Crippen molar-refractivity contribution in [2.75, 3.05) is 9.80 Å². The summed E-state index contributed by atoms with van der Waals surface area (Å²) in [7, 11) is 0. The van der Waals surface area contributed by atoms with Crippen LogP contribution in [0.4, 0.5) is 34.1 Å². The highest BCUT2D eigenvalue weighted by Crippen LogP contribution is 2.58. The first-order valence-electron chi connectivity index (χ1n) is 49.5. The number of ketones is 1. The van der Waals surface area contributed by atoms with E-state index in [1.165, 1.54) is 250 Å². The number of rotatable bonds is 43. The molecule has 0 fully saturated rings. The summed E-state index contributed by atoms with van der Waals surface area (Å²) >= 11 is 3.11. The molecule has 0 spiro atoms. The molecule has 0 bridgehead atoms. The van der Waals surface area contributed by atoms with E-state index in [0.29, 0.717) is 22.3 Å². The Morgan fingerprint density at radius 1 is 0.336 bits per heavy atom. The molecule has 16 rings (SSSR count). The van der Waals surface area contributed by atoms with Crippen molar-refractivity contribution >= 4 is 105 Å². The number of unbranched alkanes of at least 4 members (excludes halogenated alkanes) is 20. The van der Waals surface area contributed by atoms with E-state index >= 15 is 0 Å². The van der Waals surface area contributed by atoms with Crippen LogP contribution in [0, 0.1) is 54.4 Å². The van der Waals surface area contributed by atoms with Gasteiger partial charge in [-0.05, 0) is 274 Å².